The Labute approximate surface area is 111 Å². The summed E-state index contributed by atoms with van der Waals surface area (Å²) in [5.41, 5.74) is 5.14. The molecule has 6 heteroatoms. The van der Waals surface area contributed by atoms with E-state index in [2.05, 4.69) is 11.6 Å². The predicted molar refractivity (Wildman–Crippen MR) is 74.3 cm³/mol. The number of hydrogen-bond donors (Lipinski definition) is 2. The molecule has 1 fully saturated rings. The molecule has 0 bridgehead atoms. The van der Waals surface area contributed by atoms with Crippen LogP contribution < -0.4 is 10.5 Å². The van der Waals surface area contributed by atoms with Crippen LogP contribution in [-0.2, 0) is 10.2 Å². The van der Waals surface area contributed by atoms with Gasteiger partial charge in [-0.25, -0.2) is 0 Å². The van der Waals surface area contributed by atoms with Crippen LogP contribution in [0, 0.1) is 11.8 Å². The summed E-state index contributed by atoms with van der Waals surface area (Å²) in [5, 5.41) is 0. The van der Waals surface area contributed by atoms with Gasteiger partial charge in [-0.1, -0.05) is 20.8 Å². The number of hydrogen-bond acceptors (Lipinski definition) is 3. The molecule has 108 valence electrons. The fourth-order valence-electron chi connectivity index (χ4n) is 2.12. The first-order valence-electron chi connectivity index (χ1n) is 6.70. The number of rotatable bonds is 5. The Hall–Kier alpha value is -0.170. The van der Waals surface area contributed by atoms with Gasteiger partial charge in [0.1, 0.15) is 0 Å². The van der Waals surface area contributed by atoms with Crippen molar-refractivity contribution in [2.24, 2.45) is 17.6 Å². The summed E-state index contributed by atoms with van der Waals surface area (Å²) >= 11 is 0. The van der Waals surface area contributed by atoms with E-state index >= 15 is 0 Å². The van der Waals surface area contributed by atoms with E-state index in [1.165, 1.54) is 0 Å². The first-order valence-corrected chi connectivity index (χ1v) is 8.14. The molecule has 0 aliphatic carbocycles. The predicted octanol–water partition coefficient (Wildman–Crippen LogP) is 0.926. The zero-order valence-electron chi connectivity index (χ0n) is 11.9. The molecule has 0 spiro atoms. The van der Waals surface area contributed by atoms with Gasteiger partial charge < -0.3 is 5.73 Å². The van der Waals surface area contributed by atoms with Gasteiger partial charge in [0.2, 0.25) is 0 Å². The zero-order chi connectivity index (χ0) is 14.0. The number of nitrogens with one attached hydrogen (secondary N) is 1. The maximum Gasteiger partial charge on any atom is 0.280 e. The van der Waals surface area contributed by atoms with Crippen molar-refractivity contribution >= 4 is 10.2 Å². The van der Waals surface area contributed by atoms with Gasteiger partial charge in [-0.3, -0.25) is 0 Å². The molecule has 3 N–H and O–H groups in total. The Bertz CT molecular complexity index is 370. The minimum atomic E-state index is -3.43. The summed E-state index contributed by atoms with van der Waals surface area (Å²) < 4.78 is 29.1. The van der Waals surface area contributed by atoms with Crippen LogP contribution in [0.25, 0.3) is 0 Å². The third-order valence-corrected chi connectivity index (χ3v) is 5.76. The molecular weight excluding hydrogens is 250 g/mol. The molecule has 1 saturated heterocycles. The van der Waals surface area contributed by atoms with Crippen LogP contribution >= 0.6 is 0 Å². The Kier molecular flexibility index (Phi) is 5.17. The van der Waals surface area contributed by atoms with Crippen molar-refractivity contribution in [3.05, 3.63) is 0 Å². The number of piperidine rings is 1. The summed E-state index contributed by atoms with van der Waals surface area (Å²) in [6, 6.07) is 0. The largest absolute Gasteiger partial charge is 0.329 e. The van der Waals surface area contributed by atoms with Crippen molar-refractivity contribution in [1.82, 2.24) is 9.03 Å². The zero-order valence-corrected chi connectivity index (χ0v) is 12.8. The first kappa shape index (κ1) is 15.9. The van der Waals surface area contributed by atoms with Gasteiger partial charge >= 0.3 is 0 Å². The van der Waals surface area contributed by atoms with Crippen molar-refractivity contribution in [3.8, 4) is 0 Å². The SMILES string of the molecule is CC1CCCN(S(=O)(=O)NC(C)(CN)C(C)C)C1. The highest BCUT2D eigenvalue weighted by atomic mass is 32.2. The van der Waals surface area contributed by atoms with Crippen LogP contribution in [0.4, 0.5) is 0 Å². The molecule has 2 unspecified atom stereocenters. The molecule has 2 atom stereocenters. The van der Waals surface area contributed by atoms with E-state index < -0.39 is 15.7 Å². The lowest BCUT2D eigenvalue weighted by Crippen LogP contribution is -2.59. The van der Waals surface area contributed by atoms with E-state index in [0.717, 1.165) is 12.8 Å². The minimum Gasteiger partial charge on any atom is -0.329 e. The molecule has 1 aliphatic rings. The second-order valence-electron chi connectivity index (χ2n) is 5.99. The molecule has 1 rings (SSSR count). The third-order valence-electron chi connectivity index (χ3n) is 4.02. The maximum absolute atomic E-state index is 12.4. The van der Waals surface area contributed by atoms with E-state index in [4.69, 9.17) is 5.73 Å². The standard InChI is InChI=1S/C12H27N3O2S/c1-10(2)12(4,9-13)14-18(16,17)15-7-5-6-11(3)8-15/h10-11,14H,5-9,13H2,1-4H3. The van der Waals surface area contributed by atoms with Crippen molar-refractivity contribution in [2.75, 3.05) is 19.6 Å². The van der Waals surface area contributed by atoms with Crippen molar-refractivity contribution < 1.29 is 8.42 Å². The van der Waals surface area contributed by atoms with E-state index in [0.29, 0.717) is 25.6 Å². The summed E-state index contributed by atoms with van der Waals surface area (Å²) in [6.45, 7) is 9.43. The number of nitrogens with zero attached hydrogens (tertiary/aromatic N) is 1. The van der Waals surface area contributed by atoms with Crippen LogP contribution in [0.5, 0.6) is 0 Å². The lowest BCUT2D eigenvalue weighted by molar-refractivity contribution is 0.259. The van der Waals surface area contributed by atoms with Gasteiger partial charge in [-0.2, -0.15) is 17.4 Å². The lowest BCUT2D eigenvalue weighted by Gasteiger charge is -2.37. The molecule has 5 nitrogen and oxygen atoms in total. The highest BCUT2D eigenvalue weighted by Gasteiger charge is 2.35. The van der Waals surface area contributed by atoms with Crippen LogP contribution in [0.2, 0.25) is 0 Å². The average molecular weight is 277 g/mol. The maximum atomic E-state index is 12.4. The molecule has 0 aromatic rings. The molecule has 0 aromatic carbocycles. The van der Waals surface area contributed by atoms with Crippen molar-refractivity contribution in [1.29, 1.82) is 0 Å². The monoisotopic (exact) mass is 277 g/mol. The topological polar surface area (TPSA) is 75.4 Å². The van der Waals surface area contributed by atoms with E-state index in [1.807, 2.05) is 20.8 Å². The second kappa shape index (κ2) is 5.86. The second-order valence-corrected chi connectivity index (χ2v) is 7.66. The Morgan fingerprint density at radius 2 is 2.11 bits per heavy atom. The Balaban J connectivity index is 2.80. The molecule has 1 aliphatic heterocycles. The van der Waals surface area contributed by atoms with Gasteiger partial charge in [0, 0.05) is 25.2 Å². The van der Waals surface area contributed by atoms with Crippen molar-refractivity contribution in [2.45, 2.75) is 46.1 Å². The van der Waals surface area contributed by atoms with Crippen LogP contribution in [0.15, 0.2) is 0 Å². The minimum absolute atomic E-state index is 0.152. The lowest BCUT2D eigenvalue weighted by atomic mass is 9.90. The molecule has 0 amide bonds. The Morgan fingerprint density at radius 1 is 1.50 bits per heavy atom. The van der Waals surface area contributed by atoms with Crippen LogP contribution in [-0.4, -0.2) is 37.9 Å². The third kappa shape index (κ3) is 3.66. The van der Waals surface area contributed by atoms with E-state index in [1.54, 1.807) is 4.31 Å². The highest BCUT2D eigenvalue weighted by molar-refractivity contribution is 7.87. The van der Waals surface area contributed by atoms with Crippen LogP contribution in [0.1, 0.15) is 40.5 Å². The average Bonchev–Trinajstić information content (AvgIpc) is 2.28. The smallest absolute Gasteiger partial charge is 0.280 e. The van der Waals surface area contributed by atoms with Gasteiger partial charge in [0.15, 0.2) is 0 Å². The summed E-state index contributed by atoms with van der Waals surface area (Å²) in [7, 11) is -3.43. The quantitative estimate of drug-likeness (QED) is 0.785. The molecule has 0 aromatic heterocycles. The first-order chi connectivity index (χ1) is 8.21. The van der Waals surface area contributed by atoms with Gasteiger partial charge in [0.25, 0.3) is 10.2 Å². The molecule has 18 heavy (non-hydrogen) atoms. The summed E-state index contributed by atoms with van der Waals surface area (Å²) in [4.78, 5) is 0. The normalized spacial score (nSPS) is 26.2. The van der Waals surface area contributed by atoms with Gasteiger partial charge in [-0.05, 0) is 31.6 Å². The molecule has 0 saturated carbocycles. The molecule has 1 heterocycles. The Morgan fingerprint density at radius 3 is 2.56 bits per heavy atom. The molecular formula is C12H27N3O2S. The van der Waals surface area contributed by atoms with Gasteiger partial charge in [-0.15, -0.1) is 0 Å². The summed E-state index contributed by atoms with van der Waals surface area (Å²) in [5.74, 6) is 0.581. The highest BCUT2D eigenvalue weighted by Crippen LogP contribution is 2.21. The summed E-state index contributed by atoms with van der Waals surface area (Å²) in [6.07, 6.45) is 2.04. The fourth-order valence-corrected chi connectivity index (χ4v) is 3.98. The van der Waals surface area contributed by atoms with E-state index in [9.17, 15) is 8.42 Å². The fraction of sp³-hybridized carbons (Fsp3) is 1.00. The molecule has 0 radical (unpaired) electrons. The van der Waals surface area contributed by atoms with Gasteiger partial charge in [0.05, 0.1) is 0 Å². The van der Waals surface area contributed by atoms with E-state index in [-0.39, 0.29) is 5.92 Å². The van der Waals surface area contributed by atoms with Crippen molar-refractivity contribution in [3.63, 3.8) is 0 Å². The van der Waals surface area contributed by atoms with Crippen LogP contribution in [0.3, 0.4) is 0 Å². The number of nitrogens with two attached hydrogens (primary N) is 1.